The third-order valence-corrected chi connectivity index (χ3v) is 4.60. The Bertz CT molecular complexity index is 1100. The van der Waals surface area contributed by atoms with Crippen molar-refractivity contribution in [3.63, 3.8) is 0 Å². The summed E-state index contributed by atoms with van der Waals surface area (Å²) in [6.07, 6.45) is 0. The Labute approximate surface area is 168 Å². The van der Waals surface area contributed by atoms with Crippen LogP contribution in [0.15, 0.2) is 47.8 Å². The number of nitro benzene ring substituents is 2. The van der Waals surface area contributed by atoms with Crippen LogP contribution in [0.3, 0.4) is 0 Å². The topological polar surface area (TPSA) is 138 Å². The molecule has 0 aliphatic rings. The number of nitro groups is 2. The number of hydrogen-bond donors (Lipinski definition) is 1. The number of carbonyl (C=O) groups excluding carboxylic acids is 1. The monoisotopic (exact) mass is 414 g/mol. The average molecular weight is 414 g/mol. The third-order valence-electron chi connectivity index (χ3n) is 3.84. The van der Waals surface area contributed by atoms with Crippen molar-refractivity contribution in [1.82, 2.24) is 4.98 Å². The number of amides is 1. The van der Waals surface area contributed by atoms with E-state index in [1.165, 1.54) is 41.7 Å². The van der Waals surface area contributed by atoms with Crippen molar-refractivity contribution >= 4 is 33.8 Å². The summed E-state index contributed by atoms with van der Waals surface area (Å²) in [5, 5.41) is 26.3. The largest absolute Gasteiger partial charge is 0.484 e. The van der Waals surface area contributed by atoms with Gasteiger partial charge in [-0.25, -0.2) is 4.98 Å². The number of hydrogen-bond acceptors (Lipinski definition) is 8. The van der Waals surface area contributed by atoms with Crippen molar-refractivity contribution < 1.29 is 19.4 Å². The van der Waals surface area contributed by atoms with Gasteiger partial charge in [-0.3, -0.25) is 30.3 Å². The molecule has 0 saturated carbocycles. The lowest BCUT2D eigenvalue weighted by Gasteiger charge is -2.06. The van der Waals surface area contributed by atoms with Gasteiger partial charge in [0.05, 0.1) is 15.5 Å². The molecule has 0 aliphatic heterocycles. The van der Waals surface area contributed by atoms with E-state index in [0.29, 0.717) is 27.7 Å². The van der Waals surface area contributed by atoms with Crippen LogP contribution in [0.5, 0.6) is 5.75 Å². The maximum Gasteiger partial charge on any atom is 0.272 e. The Kier molecular flexibility index (Phi) is 5.79. The van der Waals surface area contributed by atoms with E-state index in [2.05, 4.69) is 10.3 Å². The minimum atomic E-state index is -0.493. The molecule has 1 aromatic heterocycles. The number of ether oxygens (including phenoxy) is 1. The van der Waals surface area contributed by atoms with Crippen molar-refractivity contribution in [2.45, 2.75) is 6.92 Å². The number of aryl methyl sites for hydroxylation is 1. The normalized spacial score (nSPS) is 10.4. The summed E-state index contributed by atoms with van der Waals surface area (Å²) < 4.78 is 5.36. The molecule has 3 rings (SSSR count). The molecule has 3 aromatic rings. The fourth-order valence-corrected chi connectivity index (χ4v) is 3.21. The molecule has 0 atom stereocenters. The molecule has 0 spiro atoms. The maximum absolute atomic E-state index is 12.1. The van der Waals surface area contributed by atoms with Gasteiger partial charge in [0.25, 0.3) is 17.3 Å². The molecule has 0 bridgehead atoms. The maximum atomic E-state index is 12.1. The Balaban J connectivity index is 1.61. The lowest BCUT2D eigenvalue weighted by atomic mass is 10.1. The van der Waals surface area contributed by atoms with E-state index in [1.807, 2.05) is 0 Å². The van der Waals surface area contributed by atoms with Gasteiger partial charge in [0.15, 0.2) is 11.7 Å². The second-order valence-corrected chi connectivity index (χ2v) is 6.75. The van der Waals surface area contributed by atoms with E-state index in [1.54, 1.807) is 24.4 Å². The molecule has 11 heteroatoms. The zero-order chi connectivity index (χ0) is 21.0. The Morgan fingerprint density at radius 2 is 1.97 bits per heavy atom. The smallest absolute Gasteiger partial charge is 0.272 e. The first-order chi connectivity index (χ1) is 13.8. The van der Waals surface area contributed by atoms with Crippen LogP contribution in [0.25, 0.3) is 11.3 Å². The molecule has 10 nitrogen and oxygen atoms in total. The second kappa shape index (κ2) is 8.44. The van der Waals surface area contributed by atoms with Crippen molar-refractivity contribution in [3.8, 4) is 17.0 Å². The van der Waals surface area contributed by atoms with Crippen LogP contribution < -0.4 is 10.1 Å². The molecule has 0 aliphatic carbocycles. The predicted octanol–water partition coefficient (Wildman–Crippen LogP) is 3.95. The summed E-state index contributed by atoms with van der Waals surface area (Å²) in [6.45, 7) is 1.28. The Morgan fingerprint density at radius 1 is 1.17 bits per heavy atom. The van der Waals surface area contributed by atoms with Gasteiger partial charge in [0, 0.05) is 34.7 Å². The van der Waals surface area contributed by atoms with Gasteiger partial charge in [-0.2, -0.15) is 0 Å². The van der Waals surface area contributed by atoms with Crippen molar-refractivity contribution in [2.75, 3.05) is 11.9 Å². The summed E-state index contributed by atoms with van der Waals surface area (Å²) in [4.78, 5) is 37.0. The molecule has 29 heavy (non-hydrogen) atoms. The number of carbonyl (C=O) groups is 1. The standard InChI is InChI=1S/C18H14N4O6S/c1-11-7-14(5-6-16(11)22(26)27)28-9-17(23)20-18-19-15(10-29-18)12-3-2-4-13(8-12)21(24)25/h2-8,10H,9H2,1H3,(H,19,20,23). The fourth-order valence-electron chi connectivity index (χ4n) is 2.47. The minimum absolute atomic E-state index is 0.0294. The van der Waals surface area contributed by atoms with Gasteiger partial charge in [0.2, 0.25) is 0 Å². The molecule has 0 fully saturated rings. The van der Waals surface area contributed by atoms with Crippen LogP contribution in [0.2, 0.25) is 0 Å². The highest BCUT2D eigenvalue weighted by molar-refractivity contribution is 7.14. The Morgan fingerprint density at radius 3 is 2.66 bits per heavy atom. The highest BCUT2D eigenvalue weighted by Gasteiger charge is 2.13. The quantitative estimate of drug-likeness (QED) is 0.456. The molecule has 0 saturated heterocycles. The number of non-ortho nitro benzene ring substituents is 1. The molecule has 2 aromatic carbocycles. The van der Waals surface area contributed by atoms with E-state index in [4.69, 9.17) is 4.74 Å². The van der Waals surface area contributed by atoms with Crippen LogP contribution in [0, 0.1) is 27.2 Å². The number of aromatic nitrogens is 1. The zero-order valence-corrected chi connectivity index (χ0v) is 15.8. The first-order valence-electron chi connectivity index (χ1n) is 8.21. The number of nitrogens with one attached hydrogen (secondary N) is 1. The van der Waals surface area contributed by atoms with Crippen molar-refractivity contribution in [3.05, 3.63) is 73.6 Å². The fraction of sp³-hybridized carbons (Fsp3) is 0.111. The van der Waals surface area contributed by atoms with Crippen LogP contribution in [0.1, 0.15) is 5.56 Å². The number of rotatable bonds is 7. The molecular formula is C18H14N4O6S. The molecule has 148 valence electrons. The highest BCUT2D eigenvalue weighted by Crippen LogP contribution is 2.27. The average Bonchev–Trinajstić information content (AvgIpc) is 3.14. The van der Waals surface area contributed by atoms with Gasteiger partial charge < -0.3 is 4.74 Å². The summed E-state index contributed by atoms with van der Waals surface area (Å²) in [5.41, 5.74) is 1.41. The molecule has 0 radical (unpaired) electrons. The van der Waals surface area contributed by atoms with E-state index >= 15 is 0 Å². The number of anilines is 1. The van der Waals surface area contributed by atoms with E-state index < -0.39 is 15.8 Å². The van der Waals surface area contributed by atoms with Gasteiger partial charge in [-0.05, 0) is 19.1 Å². The third kappa shape index (κ3) is 4.90. The van der Waals surface area contributed by atoms with Crippen LogP contribution in [0.4, 0.5) is 16.5 Å². The second-order valence-electron chi connectivity index (χ2n) is 5.89. The first kappa shape index (κ1) is 19.9. The van der Waals surface area contributed by atoms with E-state index in [0.717, 1.165) is 0 Å². The SMILES string of the molecule is Cc1cc(OCC(=O)Nc2nc(-c3cccc([N+](=O)[O-])c3)cs2)ccc1[N+](=O)[O-]. The number of nitrogens with zero attached hydrogens (tertiary/aromatic N) is 3. The van der Waals surface area contributed by atoms with E-state index in [-0.39, 0.29) is 18.0 Å². The molecule has 1 amide bonds. The number of benzene rings is 2. The van der Waals surface area contributed by atoms with Crippen LogP contribution in [-0.4, -0.2) is 27.3 Å². The van der Waals surface area contributed by atoms with Gasteiger partial charge >= 0.3 is 0 Å². The molecule has 1 heterocycles. The molecular weight excluding hydrogens is 400 g/mol. The number of thiazole rings is 1. The summed E-state index contributed by atoms with van der Waals surface area (Å²) in [7, 11) is 0. The summed E-state index contributed by atoms with van der Waals surface area (Å²) >= 11 is 1.17. The van der Waals surface area contributed by atoms with Gasteiger partial charge in [-0.1, -0.05) is 12.1 Å². The van der Waals surface area contributed by atoms with Crippen LogP contribution >= 0.6 is 11.3 Å². The molecule has 1 N–H and O–H groups in total. The van der Waals surface area contributed by atoms with Crippen LogP contribution in [-0.2, 0) is 4.79 Å². The zero-order valence-electron chi connectivity index (χ0n) is 15.0. The van der Waals surface area contributed by atoms with Gasteiger partial charge in [0.1, 0.15) is 5.75 Å². The molecule has 0 unspecified atom stereocenters. The first-order valence-corrected chi connectivity index (χ1v) is 9.09. The van der Waals surface area contributed by atoms with E-state index in [9.17, 15) is 25.0 Å². The summed E-state index contributed by atoms with van der Waals surface area (Å²) in [5.74, 6) is -0.124. The predicted molar refractivity (Wildman–Crippen MR) is 106 cm³/mol. The van der Waals surface area contributed by atoms with Gasteiger partial charge in [-0.15, -0.1) is 11.3 Å². The van der Waals surface area contributed by atoms with Crippen molar-refractivity contribution in [1.29, 1.82) is 0 Å². The highest BCUT2D eigenvalue weighted by atomic mass is 32.1. The Hall–Kier alpha value is -3.86. The summed E-state index contributed by atoms with van der Waals surface area (Å²) in [6, 6.07) is 10.3. The lowest BCUT2D eigenvalue weighted by Crippen LogP contribution is -2.20. The lowest BCUT2D eigenvalue weighted by molar-refractivity contribution is -0.385. The minimum Gasteiger partial charge on any atom is -0.484 e. The van der Waals surface area contributed by atoms with Crippen molar-refractivity contribution in [2.24, 2.45) is 0 Å².